The molecule has 1 unspecified atom stereocenters. The normalized spacial score (nSPS) is 13.9. The Morgan fingerprint density at radius 3 is 2.36 bits per heavy atom. The molecule has 0 aliphatic carbocycles. The van der Waals surface area contributed by atoms with Crippen molar-refractivity contribution in [3.05, 3.63) is 0 Å². The highest BCUT2D eigenvalue weighted by atomic mass is 19.1. The van der Waals surface area contributed by atoms with Crippen molar-refractivity contribution in [1.29, 1.82) is 0 Å². The highest BCUT2D eigenvalue weighted by molar-refractivity contribution is 4.58. The molecule has 1 atom stereocenters. The molecule has 0 amide bonds. The number of aliphatic hydroxyl groups excluding tert-OH is 1. The first kappa shape index (κ1) is 10.9. The Bertz CT molecular complexity index is 83.6. The zero-order valence-corrected chi connectivity index (χ0v) is 7.52. The van der Waals surface area contributed by atoms with E-state index in [1.54, 1.807) is 0 Å². The molecule has 0 aliphatic heterocycles. The Labute approximate surface area is 68.6 Å². The van der Waals surface area contributed by atoms with Crippen LogP contribution in [-0.4, -0.2) is 17.9 Å². The molecule has 0 aromatic heterocycles. The van der Waals surface area contributed by atoms with Gasteiger partial charge in [-0.2, -0.15) is 0 Å². The van der Waals surface area contributed by atoms with E-state index in [4.69, 9.17) is 0 Å². The van der Waals surface area contributed by atoms with E-state index in [2.05, 4.69) is 13.8 Å². The Morgan fingerprint density at radius 1 is 1.27 bits per heavy atom. The second-order valence-electron chi connectivity index (χ2n) is 3.47. The lowest BCUT2D eigenvalue weighted by Gasteiger charge is -2.11. The molecule has 0 saturated carbocycles. The van der Waals surface area contributed by atoms with Gasteiger partial charge in [0, 0.05) is 0 Å². The van der Waals surface area contributed by atoms with E-state index in [0.717, 1.165) is 19.3 Å². The summed E-state index contributed by atoms with van der Waals surface area (Å²) in [7, 11) is 0. The maximum absolute atomic E-state index is 11.6. The van der Waals surface area contributed by atoms with Gasteiger partial charge in [0.1, 0.15) is 0 Å². The van der Waals surface area contributed by atoms with Gasteiger partial charge in [0.25, 0.3) is 0 Å². The third-order valence-corrected chi connectivity index (χ3v) is 1.66. The number of aliphatic hydroxyl groups is 1. The summed E-state index contributed by atoms with van der Waals surface area (Å²) in [5.41, 5.74) is 0. The van der Waals surface area contributed by atoms with E-state index in [0.29, 0.717) is 12.3 Å². The molecule has 0 spiro atoms. The van der Waals surface area contributed by atoms with Crippen LogP contribution in [0.15, 0.2) is 0 Å². The van der Waals surface area contributed by atoms with Crippen LogP contribution in [0.25, 0.3) is 0 Å². The lowest BCUT2D eigenvalue weighted by Crippen LogP contribution is -2.09. The highest BCUT2D eigenvalue weighted by Gasteiger charge is 2.05. The van der Waals surface area contributed by atoms with Gasteiger partial charge < -0.3 is 5.11 Å². The fourth-order valence-electron chi connectivity index (χ4n) is 1.14. The molecule has 1 N–H and O–H groups in total. The Morgan fingerprint density at radius 2 is 1.91 bits per heavy atom. The Kier molecular flexibility index (Phi) is 6.52. The van der Waals surface area contributed by atoms with Gasteiger partial charge in [0.2, 0.25) is 0 Å². The van der Waals surface area contributed by atoms with Crippen LogP contribution in [0.2, 0.25) is 0 Å². The summed E-state index contributed by atoms with van der Waals surface area (Å²) >= 11 is 0. The van der Waals surface area contributed by atoms with Crippen molar-refractivity contribution >= 4 is 0 Å². The summed E-state index contributed by atoms with van der Waals surface area (Å²) in [4.78, 5) is 0. The maximum Gasteiger partial charge on any atom is 0.0894 e. The van der Waals surface area contributed by atoms with Crippen molar-refractivity contribution in [2.75, 3.05) is 6.67 Å². The van der Waals surface area contributed by atoms with Crippen LogP contribution in [0.3, 0.4) is 0 Å². The lowest BCUT2D eigenvalue weighted by molar-refractivity contribution is 0.135. The minimum absolute atomic E-state index is 0.221. The zero-order valence-electron chi connectivity index (χ0n) is 7.52. The molecule has 0 aromatic carbocycles. The molecule has 0 radical (unpaired) electrons. The van der Waals surface area contributed by atoms with Gasteiger partial charge in [-0.05, 0) is 31.6 Å². The average molecular weight is 162 g/mol. The van der Waals surface area contributed by atoms with Gasteiger partial charge in [-0.3, -0.25) is 4.39 Å². The molecule has 11 heavy (non-hydrogen) atoms. The number of rotatable bonds is 6. The molecule has 0 fully saturated rings. The summed E-state index contributed by atoms with van der Waals surface area (Å²) < 4.78 is 11.6. The molecule has 0 aliphatic rings. The predicted octanol–water partition coefficient (Wildman–Crippen LogP) is 2.53. The molecule has 68 valence electrons. The molecule has 2 heteroatoms. The number of hydrogen-bond acceptors (Lipinski definition) is 1. The molecule has 1 nitrogen and oxygen atoms in total. The maximum atomic E-state index is 11.6. The van der Waals surface area contributed by atoms with Crippen molar-refractivity contribution in [1.82, 2.24) is 0 Å². The predicted molar refractivity (Wildman–Crippen MR) is 45.3 cm³/mol. The zero-order chi connectivity index (χ0) is 8.69. The number of hydrogen-bond donors (Lipinski definition) is 1. The van der Waals surface area contributed by atoms with Crippen molar-refractivity contribution in [2.45, 2.75) is 45.6 Å². The largest absolute Gasteiger partial charge is 0.393 e. The van der Waals surface area contributed by atoms with Crippen LogP contribution < -0.4 is 0 Å². The van der Waals surface area contributed by atoms with Gasteiger partial charge >= 0.3 is 0 Å². The van der Waals surface area contributed by atoms with Crippen LogP contribution in [-0.2, 0) is 0 Å². The minimum Gasteiger partial charge on any atom is -0.393 e. The molecule has 0 aromatic rings. The van der Waals surface area contributed by atoms with Crippen LogP contribution in [0.1, 0.15) is 39.5 Å². The van der Waals surface area contributed by atoms with Crippen molar-refractivity contribution in [3.8, 4) is 0 Å². The second kappa shape index (κ2) is 6.59. The highest BCUT2D eigenvalue weighted by Crippen LogP contribution is 2.10. The molecular weight excluding hydrogens is 143 g/mol. The van der Waals surface area contributed by atoms with Gasteiger partial charge in [-0.25, -0.2) is 0 Å². The molecule has 0 bridgehead atoms. The number of alkyl halides is 1. The van der Waals surface area contributed by atoms with E-state index in [1.807, 2.05) is 0 Å². The topological polar surface area (TPSA) is 20.2 Å². The number of unbranched alkanes of at least 4 members (excludes halogenated alkanes) is 1. The summed E-state index contributed by atoms with van der Waals surface area (Å²) in [5.74, 6) is 0.537. The van der Waals surface area contributed by atoms with Crippen LogP contribution >= 0.6 is 0 Å². The van der Waals surface area contributed by atoms with Crippen molar-refractivity contribution < 1.29 is 9.50 Å². The Hall–Kier alpha value is -0.110. The second-order valence-corrected chi connectivity index (χ2v) is 3.47. The van der Waals surface area contributed by atoms with E-state index in [-0.39, 0.29) is 12.8 Å². The minimum atomic E-state index is -0.256. The fourth-order valence-corrected chi connectivity index (χ4v) is 1.14. The van der Waals surface area contributed by atoms with Crippen LogP contribution in [0.4, 0.5) is 4.39 Å². The third-order valence-electron chi connectivity index (χ3n) is 1.66. The third kappa shape index (κ3) is 7.79. The first-order chi connectivity index (χ1) is 5.16. The van der Waals surface area contributed by atoms with Crippen LogP contribution in [0.5, 0.6) is 0 Å². The Balaban J connectivity index is 3.15. The van der Waals surface area contributed by atoms with Crippen molar-refractivity contribution in [2.24, 2.45) is 5.92 Å². The average Bonchev–Trinajstić information content (AvgIpc) is 1.86. The molecule has 0 rings (SSSR count). The summed E-state index contributed by atoms with van der Waals surface area (Å²) in [5, 5.41) is 9.32. The quantitative estimate of drug-likeness (QED) is 0.595. The molecular formula is C9H19FO. The van der Waals surface area contributed by atoms with Gasteiger partial charge in [0.15, 0.2) is 0 Å². The van der Waals surface area contributed by atoms with E-state index >= 15 is 0 Å². The van der Waals surface area contributed by atoms with Gasteiger partial charge in [-0.1, -0.05) is 13.8 Å². The molecule has 0 saturated heterocycles. The standard InChI is InChI=1S/C9H19FO/c1-8(2)7-9(11)5-3-4-6-10/h8-9,11H,3-7H2,1-2H3. The first-order valence-corrected chi connectivity index (χ1v) is 4.40. The fraction of sp³-hybridized carbons (Fsp3) is 1.00. The van der Waals surface area contributed by atoms with Gasteiger partial charge in [0.05, 0.1) is 12.8 Å². The van der Waals surface area contributed by atoms with E-state index in [9.17, 15) is 9.50 Å². The van der Waals surface area contributed by atoms with E-state index < -0.39 is 0 Å². The van der Waals surface area contributed by atoms with E-state index in [1.165, 1.54) is 0 Å². The molecule has 0 heterocycles. The smallest absolute Gasteiger partial charge is 0.0894 e. The first-order valence-electron chi connectivity index (χ1n) is 4.40. The van der Waals surface area contributed by atoms with Gasteiger partial charge in [-0.15, -0.1) is 0 Å². The van der Waals surface area contributed by atoms with Crippen LogP contribution in [0, 0.1) is 5.92 Å². The summed E-state index contributed by atoms with van der Waals surface area (Å²) in [6, 6.07) is 0. The summed E-state index contributed by atoms with van der Waals surface area (Å²) in [6.07, 6.45) is 2.77. The van der Waals surface area contributed by atoms with Crippen molar-refractivity contribution in [3.63, 3.8) is 0 Å². The number of halogens is 1. The monoisotopic (exact) mass is 162 g/mol. The SMILES string of the molecule is CC(C)CC(O)CCCCF. The lowest BCUT2D eigenvalue weighted by atomic mass is 10.0. The summed E-state index contributed by atoms with van der Waals surface area (Å²) in [6.45, 7) is 3.91.